The predicted molar refractivity (Wildman–Crippen MR) is 146 cm³/mol. The van der Waals surface area contributed by atoms with Crippen LogP contribution in [0, 0.1) is 18.6 Å². The normalized spacial score (nSPS) is 14.8. The average molecular weight is 563 g/mol. The summed E-state index contributed by atoms with van der Waals surface area (Å²) in [5, 5.41) is 4.70. The van der Waals surface area contributed by atoms with E-state index in [0.29, 0.717) is 39.8 Å². The second kappa shape index (κ2) is 10.8. The molecule has 1 aliphatic heterocycles. The van der Waals surface area contributed by atoms with E-state index in [1.54, 1.807) is 42.6 Å². The van der Waals surface area contributed by atoms with Gasteiger partial charge in [0.25, 0.3) is 0 Å². The highest BCUT2D eigenvalue weighted by Gasteiger charge is 2.23. The molecule has 2 aromatic heterocycles. The number of benzene rings is 3. The first kappa shape index (κ1) is 26.2. The van der Waals surface area contributed by atoms with Crippen molar-refractivity contribution in [2.24, 2.45) is 0 Å². The lowest BCUT2D eigenvalue weighted by Gasteiger charge is -2.27. The molecule has 0 N–H and O–H groups in total. The van der Waals surface area contributed by atoms with Crippen molar-refractivity contribution in [2.45, 2.75) is 39.0 Å². The Labute approximate surface area is 233 Å². The number of hydrogen-bond acceptors (Lipinski definition) is 5. The maximum atomic E-state index is 15.5. The number of fused-ring (bicyclic) bond motifs is 1. The second-order valence-electron chi connectivity index (χ2n) is 9.82. The number of nitrogens with zero attached hydrogens (tertiary/aromatic N) is 4. The minimum atomic E-state index is -0.460. The van der Waals surface area contributed by atoms with E-state index < -0.39 is 11.6 Å². The van der Waals surface area contributed by atoms with Gasteiger partial charge in [-0.2, -0.15) is 0 Å². The minimum absolute atomic E-state index is 0.0203. The van der Waals surface area contributed by atoms with E-state index in [9.17, 15) is 9.18 Å². The lowest BCUT2D eigenvalue weighted by molar-refractivity contribution is -0.0589. The molecule has 0 unspecified atom stereocenters. The molecule has 0 spiro atoms. The molecular formula is C30H25ClF2N4O3. The summed E-state index contributed by atoms with van der Waals surface area (Å²) >= 11 is 5.81. The molecule has 0 saturated carbocycles. The van der Waals surface area contributed by atoms with Crippen LogP contribution in [-0.4, -0.2) is 38.3 Å². The fourth-order valence-corrected chi connectivity index (χ4v) is 4.98. The molecule has 7 nitrogen and oxygen atoms in total. The molecular weight excluding hydrogens is 538 g/mol. The molecule has 10 heteroatoms. The smallest absolute Gasteiger partial charge is 0.233 e. The molecule has 3 aromatic carbocycles. The van der Waals surface area contributed by atoms with Gasteiger partial charge < -0.3 is 14.0 Å². The Bertz CT molecular complexity index is 1730. The quantitative estimate of drug-likeness (QED) is 0.199. The molecule has 40 heavy (non-hydrogen) atoms. The third-order valence-electron chi connectivity index (χ3n) is 7.08. The number of carbonyl (C=O) groups excluding carboxylic acids is 1. The van der Waals surface area contributed by atoms with E-state index in [1.165, 1.54) is 16.8 Å². The van der Waals surface area contributed by atoms with Crippen molar-refractivity contribution in [2.75, 3.05) is 6.61 Å². The second-order valence-corrected chi connectivity index (χ2v) is 10.3. The molecule has 0 aliphatic carbocycles. The topological polar surface area (TPSA) is 71.2 Å². The number of carbonyl (C=O) groups is 1. The van der Waals surface area contributed by atoms with Gasteiger partial charge in [0.05, 0.1) is 29.4 Å². The Kier molecular flexibility index (Phi) is 7.08. The Balaban J connectivity index is 1.24. The van der Waals surface area contributed by atoms with Crippen molar-refractivity contribution in [1.29, 1.82) is 0 Å². The van der Waals surface area contributed by atoms with E-state index in [2.05, 4.69) is 5.10 Å². The van der Waals surface area contributed by atoms with E-state index in [-0.39, 0.29) is 25.0 Å². The standard InChI is InChI=1S/C30H25ClF2N4O3/c1-18-10-21(12-29-34-26-5-2-19(16-38)11-28(26)36(29)15-23-7-9-39-23)25(33)14-27(18)37-8-6-30(35-37)40-17-20-3-4-22(31)13-24(20)32/h2-6,8,10-11,13-14,16,23H,7,9,12,15,17H2,1H3/t23-/m0/s1. The first-order valence-corrected chi connectivity index (χ1v) is 13.2. The molecule has 0 radical (unpaired) electrons. The van der Waals surface area contributed by atoms with E-state index >= 15 is 4.39 Å². The number of imidazole rings is 1. The summed E-state index contributed by atoms with van der Waals surface area (Å²) in [5.74, 6) is 0.121. The van der Waals surface area contributed by atoms with Gasteiger partial charge in [-0.05, 0) is 54.8 Å². The molecule has 1 atom stereocenters. The van der Waals surface area contributed by atoms with Gasteiger partial charge in [-0.25, -0.2) is 18.4 Å². The number of hydrogen-bond donors (Lipinski definition) is 0. The molecule has 204 valence electrons. The van der Waals surface area contributed by atoms with Crippen LogP contribution in [0.25, 0.3) is 16.7 Å². The first-order valence-electron chi connectivity index (χ1n) is 12.9. The third kappa shape index (κ3) is 5.22. The van der Waals surface area contributed by atoms with Gasteiger partial charge in [0, 0.05) is 47.5 Å². The zero-order chi connectivity index (χ0) is 27.8. The van der Waals surface area contributed by atoms with Crippen LogP contribution in [0.1, 0.15) is 39.3 Å². The summed E-state index contributed by atoms with van der Waals surface area (Å²) in [6, 6.07) is 14.6. The molecule has 1 fully saturated rings. The highest BCUT2D eigenvalue weighted by Crippen LogP contribution is 2.27. The zero-order valence-electron chi connectivity index (χ0n) is 21.6. The number of aromatic nitrogens is 4. The molecule has 5 aromatic rings. The van der Waals surface area contributed by atoms with E-state index in [0.717, 1.165) is 35.9 Å². The predicted octanol–water partition coefficient (Wildman–Crippen LogP) is 6.23. The lowest BCUT2D eigenvalue weighted by Crippen LogP contribution is -2.31. The number of aldehydes is 1. The molecule has 1 aliphatic rings. The molecule has 0 amide bonds. The fourth-order valence-electron chi connectivity index (χ4n) is 4.83. The maximum absolute atomic E-state index is 15.5. The van der Waals surface area contributed by atoms with Crippen LogP contribution in [0.15, 0.2) is 60.8 Å². The fraction of sp³-hybridized carbons (Fsp3) is 0.233. The van der Waals surface area contributed by atoms with Crippen molar-refractivity contribution in [3.63, 3.8) is 0 Å². The SMILES string of the molecule is Cc1cc(Cc2nc3ccc(C=O)cc3n2C[C@@H]2CCO2)c(F)cc1-n1ccc(OCc2ccc(Cl)cc2F)n1. The van der Waals surface area contributed by atoms with Gasteiger partial charge in [0.15, 0.2) is 0 Å². The summed E-state index contributed by atoms with van der Waals surface area (Å²) in [7, 11) is 0. The minimum Gasteiger partial charge on any atom is -0.472 e. The Morgan fingerprint density at radius 1 is 1.10 bits per heavy atom. The summed E-state index contributed by atoms with van der Waals surface area (Å²) in [4.78, 5) is 16.1. The Morgan fingerprint density at radius 3 is 2.67 bits per heavy atom. The van der Waals surface area contributed by atoms with Gasteiger partial charge in [-0.15, -0.1) is 5.10 Å². The molecule has 1 saturated heterocycles. The largest absolute Gasteiger partial charge is 0.472 e. The monoisotopic (exact) mass is 562 g/mol. The summed E-state index contributed by atoms with van der Waals surface area (Å²) in [6.45, 7) is 3.17. The Morgan fingerprint density at radius 2 is 1.93 bits per heavy atom. The molecule has 0 bridgehead atoms. The lowest BCUT2D eigenvalue weighted by atomic mass is 10.1. The summed E-state index contributed by atoms with van der Waals surface area (Å²) < 4.78 is 44.4. The van der Waals surface area contributed by atoms with Crippen molar-refractivity contribution >= 4 is 28.9 Å². The van der Waals surface area contributed by atoms with E-state index in [1.807, 2.05) is 17.6 Å². The van der Waals surface area contributed by atoms with Gasteiger partial charge in [-0.1, -0.05) is 23.7 Å². The van der Waals surface area contributed by atoms with Crippen molar-refractivity contribution in [3.8, 4) is 11.6 Å². The number of rotatable bonds is 9. The van der Waals surface area contributed by atoms with Crippen LogP contribution in [0.3, 0.4) is 0 Å². The van der Waals surface area contributed by atoms with Gasteiger partial charge >= 0.3 is 0 Å². The zero-order valence-corrected chi connectivity index (χ0v) is 22.4. The molecule has 3 heterocycles. The van der Waals surface area contributed by atoms with Crippen LogP contribution in [0.2, 0.25) is 5.02 Å². The third-order valence-corrected chi connectivity index (χ3v) is 7.32. The van der Waals surface area contributed by atoms with E-state index in [4.69, 9.17) is 26.1 Å². The number of halogens is 3. The van der Waals surface area contributed by atoms with Gasteiger partial charge in [0.1, 0.15) is 30.4 Å². The van der Waals surface area contributed by atoms with Crippen molar-refractivity contribution < 1.29 is 23.0 Å². The summed E-state index contributed by atoms with van der Waals surface area (Å²) in [6.07, 6.45) is 3.75. The van der Waals surface area contributed by atoms with Crippen LogP contribution in [-0.2, 0) is 24.3 Å². The highest BCUT2D eigenvalue weighted by atomic mass is 35.5. The van der Waals surface area contributed by atoms with Crippen LogP contribution < -0.4 is 4.74 Å². The first-order chi connectivity index (χ1) is 19.4. The van der Waals surface area contributed by atoms with Crippen molar-refractivity contribution in [3.05, 3.63) is 106 Å². The van der Waals surface area contributed by atoms with Gasteiger partial charge in [-0.3, -0.25) is 4.79 Å². The maximum Gasteiger partial charge on any atom is 0.233 e. The van der Waals surface area contributed by atoms with Crippen molar-refractivity contribution in [1.82, 2.24) is 19.3 Å². The van der Waals surface area contributed by atoms with Gasteiger partial charge in [0.2, 0.25) is 5.88 Å². The van der Waals surface area contributed by atoms with Crippen LogP contribution in [0.4, 0.5) is 8.78 Å². The summed E-state index contributed by atoms with van der Waals surface area (Å²) in [5.41, 5.74) is 4.33. The molecule has 6 rings (SSSR count). The van der Waals surface area contributed by atoms with Crippen LogP contribution >= 0.6 is 11.6 Å². The number of ether oxygens (including phenoxy) is 2. The number of aryl methyl sites for hydroxylation is 1. The average Bonchev–Trinajstić information content (AvgIpc) is 3.51. The highest BCUT2D eigenvalue weighted by molar-refractivity contribution is 6.30. The van der Waals surface area contributed by atoms with Crippen LogP contribution in [0.5, 0.6) is 5.88 Å². The Hall–Kier alpha value is -4.08.